The van der Waals surface area contributed by atoms with Gasteiger partial charge in [-0.3, -0.25) is 0 Å². The molecule has 136 valence electrons. The van der Waals surface area contributed by atoms with Crippen LogP contribution in [0.3, 0.4) is 0 Å². The van der Waals surface area contributed by atoms with Gasteiger partial charge in [0.1, 0.15) is 6.29 Å². The SMILES string of the molecule is CCCCCCCCCCCCCCCCCC[C@H]1C[C@H]1C=O. The van der Waals surface area contributed by atoms with Crippen molar-refractivity contribution in [1.29, 1.82) is 0 Å². The van der Waals surface area contributed by atoms with Crippen molar-refractivity contribution in [3.05, 3.63) is 0 Å². The molecule has 1 nitrogen and oxygen atoms in total. The third-order valence-corrected chi connectivity index (χ3v) is 5.58. The molecule has 0 spiro atoms. The number of unbranched alkanes of at least 4 members (excludes halogenated alkanes) is 15. The molecule has 0 aliphatic heterocycles. The minimum atomic E-state index is 0.436. The van der Waals surface area contributed by atoms with Crippen molar-refractivity contribution in [1.82, 2.24) is 0 Å². The van der Waals surface area contributed by atoms with Gasteiger partial charge in [-0.05, 0) is 18.8 Å². The molecular weight excluding hydrogens is 280 g/mol. The molecule has 0 aromatic carbocycles. The van der Waals surface area contributed by atoms with Gasteiger partial charge in [-0.15, -0.1) is 0 Å². The van der Waals surface area contributed by atoms with E-state index < -0.39 is 0 Å². The molecule has 0 amide bonds. The Kier molecular flexibility index (Phi) is 13.7. The Labute approximate surface area is 146 Å². The summed E-state index contributed by atoms with van der Waals surface area (Å²) in [6, 6.07) is 0. The second kappa shape index (κ2) is 15.2. The molecule has 23 heavy (non-hydrogen) atoms. The van der Waals surface area contributed by atoms with Gasteiger partial charge >= 0.3 is 0 Å². The molecule has 2 atom stereocenters. The van der Waals surface area contributed by atoms with E-state index in [2.05, 4.69) is 6.92 Å². The lowest BCUT2D eigenvalue weighted by atomic mass is 10.0. The third kappa shape index (κ3) is 12.7. The Morgan fingerprint density at radius 3 is 1.39 bits per heavy atom. The van der Waals surface area contributed by atoms with Gasteiger partial charge in [0, 0.05) is 5.92 Å². The maximum atomic E-state index is 10.5. The number of hydrogen-bond acceptors (Lipinski definition) is 1. The van der Waals surface area contributed by atoms with Gasteiger partial charge in [0.05, 0.1) is 0 Å². The van der Waals surface area contributed by atoms with Crippen LogP contribution >= 0.6 is 0 Å². The van der Waals surface area contributed by atoms with Crippen LogP contribution in [-0.2, 0) is 4.79 Å². The predicted molar refractivity (Wildman–Crippen MR) is 102 cm³/mol. The Morgan fingerprint density at radius 1 is 0.652 bits per heavy atom. The summed E-state index contributed by atoms with van der Waals surface area (Å²) in [6.45, 7) is 2.29. The Balaban J connectivity index is 1.63. The number of hydrogen-bond donors (Lipinski definition) is 0. The maximum Gasteiger partial charge on any atom is 0.123 e. The highest BCUT2D eigenvalue weighted by molar-refractivity contribution is 5.58. The van der Waals surface area contributed by atoms with E-state index in [4.69, 9.17) is 0 Å². The molecule has 0 radical (unpaired) electrons. The highest BCUT2D eigenvalue weighted by Crippen LogP contribution is 2.40. The van der Waals surface area contributed by atoms with Crippen molar-refractivity contribution in [2.75, 3.05) is 0 Å². The Hall–Kier alpha value is -0.330. The molecule has 0 heterocycles. The molecule has 0 aromatic heterocycles. The molecule has 0 saturated heterocycles. The standard InChI is InChI=1S/C22H42O/c1-2-3-4-5-6-7-8-9-10-11-12-13-14-15-16-17-18-21-19-22(21)20-23/h20-22H,2-19H2,1H3/t21-,22-/m0/s1. The summed E-state index contributed by atoms with van der Waals surface area (Å²) >= 11 is 0. The first-order valence-corrected chi connectivity index (χ1v) is 10.8. The van der Waals surface area contributed by atoms with Crippen molar-refractivity contribution in [3.8, 4) is 0 Å². The maximum absolute atomic E-state index is 10.5. The molecule has 1 heteroatoms. The highest BCUT2D eigenvalue weighted by Gasteiger charge is 2.35. The van der Waals surface area contributed by atoms with Crippen molar-refractivity contribution in [2.24, 2.45) is 11.8 Å². The van der Waals surface area contributed by atoms with E-state index in [1.807, 2.05) is 0 Å². The summed E-state index contributed by atoms with van der Waals surface area (Å²) in [5, 5.41) is 0. The first-order chi connectivity index (χ1) is 11.4. The van der Waals surface area contributed by atoms with Crippen LogP contribution in [0.5, 0.6) is 0 Å². The van der Waals surface area contributed by atoms with Crippen LogP contribution < -0.4 is 0 Å². The van der Waals surface area contributed by atoms with Gasteiger partial charge in [0.25, 0.3) is 0 Å². The minimum Gasteiger partial charge on any atom is -0.303 e. The van der Waals surface area contributed by atoms with Gasteiger partial charge in [0.15, 0.2) is 0 Å². The van der Waals surface area contributed by atoms with Crippen LogP contribution in [0.2, 0.25) is 0 Å². The van der Waals surface area contributed by atoms with Crippen LogP contribution in [0.4, 0.5) is 0 Å². The molecule has 0 N–H and O–H groups in total. The fourth-order valence-corrected chi connectivity index (χ4v) is 3.72. The predicted octanol–water partition coefficient (Wildman–Crippen LogP) is 7.47. The fourth-order valence-electron chi connectivity index (χ4n) is 3.72. The van der Waals surface area contributed by atoms with Crippen LogP contribution in [0.25, 0.3) is 0 Å². The average molecular weight is 323 g/mol. The number of aldehydes is 1. The van der Waals surface area contributed by atoms with E-state index in [0.717, 1.165) is 12.2 Å². The van der Waals surface area contributed by atoms with E-state index in [9.17, 15) is 4.79 Å². The molecule has 1 aliphatic rings. The zero-order chi connectivity index (χ0) is 16.6. The van der Waals surface area contributed by atoms with E-state index in [1.165, 1.54) is 116 Å². The van der Waals surface area contributed by atoms with Crippen molar-refractivity contribution >= 4 is 6.29 Å². The normalized spacial score (nSPS) is 19.9. The van der Waals surface area contributed by atoms with Gasteiger partial charge < -0.3 is 4.79 Å². The van der Waals surface area contributed by atoms with Crippen molar-refractivity contribution in [2.45, 2.75) is 122 Å². The van der Waals surface area contributed by atoms with E-state index in [0.29, 0.717) is 5.92 Å². The molecule has 0 aromatic rings. The highest BCUT2D eigenvalue weighted by atomic mass is 16.1. The Bertz CT molecular complexity index is 261. The minimum absolute atomic E-state index is 0.436. The van der Waals surface area contributed by atoms with Crippen LogP contribution in [0.1, 0.15) is 122 Å². The van der Waals surface area contributed by atoms with Crippen LogP contribution in [0, 0.1) is 11.8 Å². The first-order valence-electron chi connectivity index (χ1n) is 10.8. The molecular formula is C22H42O. The number of carbonyl (C=O) groups excluding carboxylic acids is 1. The van der Waals surface area contributed by atoms with Gasteiger partial charge in [-0.2, -0.15) is 0 Å². The lowest BCUT2D eigenvalue weighted by Crippen LogP contribution is -1.86. The van der Waals surface area contributed by atoms with Crippen molar-refractivity contribution in [3.63, 3.8) is 0 Å². The van der Waals surface area contributed by atoms with E-state index >= 15 is 0 Å². The van der Waals surface area contributed by atoms with Gasteiger partial charge in [-0.1, -0.05) is 110 Å². The zero-order valence-electron chi connectivity index (χ0n) is 15.9. The largest absolute Gasteiger partial charge is 0.303 e. The van der Waals surface area contributed by atoms with Gasteiger partial charge in [-0.25, -0.2) is 0 Å². The van der Waals surface area contributed by atoms with Gasteiger partial charge in [0.2, 0.25) is 0 Å². The molecule has 1 fully saturated rings. The summed E-state index contributed by atoms with van der Waals surface area (Å²) in [6.07, 6.45) is 26.6. The summed E-state index contributed by atoms with van der Waals surface area (Å²) in [7, 11) is 0. The number of rotatable bonds is 18. The van der Waals surface area contributed by atoms with Crippen LogP contribution in [-0.4, -0.2) is 6.29 Å². The molecule has 1 aliphatic carbocycles. The summed E-state index contributed by atoms with van der Waals surface area (Å²) in [5.41, 5.74) is 0. The second-order valence-corrected chi connectivity index (χ2v) is 7.89. The van der Waals surface area contributed by atoms with Crippen LogP contribution in [0.15, 0.2) is 0 Å². The first kappa shape index (κ1) is 20.7. The third-order valence-electron chi connectivity index (χ3n) is 5.58. The van der Waals surface area contributed by atoms with Crippen molar-refractivity contribution < 1.29 is 4.79 Å². The zero-order valence-corrected chi connectivity index (χ0v) is 15.9. The summed E-state index contributed by atoms with van der Waals surface area (Å²) in [5.74, 6) is 1.20. The molecule has 0 bridgehead atoms. The monoisotopic (exact) mass is 322 g/mol. The van der Waals surface area contributed by atoms with E-state index in [1.54, 1.807) is 0 Å². The smallest absolute Gasteiger partial charge is 0.123 e. The topological polar surface area (TPSA) is 17.1 Å². The lowest BCUT2D eigenvalue weighted by molar-refractivity contribution is -0.109. The lowest BCUT2D eigenvalue weighted by Gasteiger charge is -2.03. The molecule has 1 saturated carbocycles. The Morgan fingerprint density at radius 2 is 1.04 bits per heavy atom. The summed E-state index contributed by atoms with van der Waals surface area (Å²) < 4.78 is 0. The quantitative estimate of drug-likeness (QED) is 0.189. The molecule has 1 rings (SSSR count). The van der Waals surface area contributed by atoms with E-state index in [-0.39, 0.29) is 0 Å². The number of carbonyl (C=O) groups is 1. The fraction of sp³-hybridized carbons (Fsp3) is 0.955. The average Bonchev–Trinajstić information content (AvgIpc) is 3.33. The molecule has 0 unspecified atom stereocenters. The second-order valence-electron chi connectivity index (χ2n) is 7.89. The summed E-state index contributed by atoms with van der Waals surface area (Å²) in [4.78, 5) is 10.5.